The molecule has 0 aliphatic carbocycles. The average molecular weight is 157 g/mol. The molecule has 0 aromatic carbocycles. The number of hydrogen-bond donors (Lipinski definition) is 0. The molecule has 58 valence electrons. The first kappa shape index (κ1) is 7.95. The van der Waals surface area contributed by atoms with Gasteiger partial charge in [-0.15, -0.1) is 0 Å². The van der Waals surface area contributed by atoms with Crippen molar-refractivity contribution in [2.75, 3.05) is 13.1 Å². The van der Waals surface area contributed by atoms with Crippen LogP contribution in [0.15, 0.2) is 0 Å². The van der Waals surface area contributed by atoms with Crippen molar-refractivity contribution in [3.8, 4) is 0 Å². The van der Waals surface area contributed by atoms with Gasteiger partial charge in [-0.3, -0.25) is 4.79 Å². The summed E-state index contributed by atoms with van der Waals surface area (Å²) in [6.07, 6.45) is 0.782. The quantitative estimate of drug-likeness (QED) is 0.531. The Hall–Kier alpha value is -0.153. The maximum Gasteiger partial charge on any atom is 0.147 e. The normalized spacial score (nSPS) is 22.1. The largest absolute Gasteiger partial charge is 0.317 e. The smallest absolute Gasteiger partial charge is 0.147 e. The van der Waals surface area contributed by atoms with E-state index >= 15 is 0 Å². The van der Waals surface area contributed by atoms with Crippen molar-refractivity contribution in [1.29, 1.82) is 0 Å². The lowest BCUT2D eigenvalue weighted by atomic mass is 10.4. The number of ketones is 1. The van der Waals surface area contributed by atoms with E-state index < -0.39 is 8.24 Å². The zero-order chi connectivity index (χ0) is 7.78. The first-order valence-corrected chi connectivity index (χ1v) is 7.21. The molecule has 1 saturated heterocycles. The number of Topliss-reactive ketones (excluding diaryl/α,β-unsaturated/α-hetero) is 1. The summed E-state index contributed by atoms with van der Waals surface area (Å²) in [6, 6.07) is 0. The van der Waals surface area contributed by atoms with Crippen LogP contribution in [0.3, 0.4) is 0 Å². The van der Waals surface area contributed by atoms with Gasteiger partial charge in [0.15, 0.2) is 0 Å². The molecular weight excluding hydrogens is 142 g/mol. The maximum absolute atomic E-state index is 10.9. The summed E-state index contributed by atoms with van der Waals surface area (Å²) < 4.78 is 2.36. The van der Waals surface area contributed by atoms with E-state index in [1.54, 1.807) is 0 Å². The van der Waals surface area contributed by atoms with Gasteiger partial charge in [0.25, 0.3) is 0 Å². The molecule has 0 N–H and O–H groups in total. The van der Waals surface area contributed by atoms with Crippen LogP contribution in [0.25, 0.3) is 0 Å². The molecule has 0 spiro atoms. The highest BCUT2D eigenvalue weighted by Crippen LogP contribution is 2.14. The average Bonchev–Trinajstić information content (AvgIpc) is 2.11. The minimum absolute atomic E-state index is 0.419. The fourth-order valence-corrected chi connectivity index (χ4v) is 2.64. The monoisotopic (exact) mass is 157 g/mol. The Morgan fingerprint density at radius 1 is 1.40 bits per heavy atom. The van der Waals surface area contributed by atoms with Gasteiger partial charge in [0.05, 0.1) is 6.54 Å². The number of rotatable bonds is 1. The molecule has 0 saturated carbocycles. The number of nitrogens with zero attached hydrogens (tertiary/aromatic N) is 1. The van der Waals surface area contributed by atoms with Crippen LogP contribution in [0, 0.1) is 0 Å². The van der Waals surface area contributed by atoms with Gasteiger partial charge in [0.2, 0.25) is 0 Å². The lowest BCUT2D eigenvalue weighted by Crippen LogP contribution is -2.44. The second kappa shape index (κ2) is 2.47. The van der Waals surface area contributed by atoms with E-state index in [4.69, 9.17) is 0 Å². The van der Waals surface area contributed by atoms with E-state index in [2.05, 4.69) is 24.2 Å². The Labute approximate surface area is 63.3 Å². The molecule has 0 amide bonds. The Morgan fingerprint density at radius 2 is 2.00 bits per heavy atom. The molecule has 1 aliphatic heterocycles. The molecule has 1 aliphatic rings. The molecule has 1 fully saturated rings. The summed E-state index contributed by atoms with van der Waals surface area (Å²) >= 11 is 0. The molecular formula is C7H15NOSi. The van der Waals surface area contributed by atoms with E-state index in [0.29, 0.717) is 5.78 Å². The van der Waals surface area contributed by atoms with E-state index in [0.717, 1.165) is 19.5 Å². The number of hydrogen-bond acceptors (Lipinski definition) is 2. The Balaban J connectivity index is 2.53. The minimum Gasteiger partial charge on any atom is -0.317 e. The Bertz CT molecular complexity index is 150. The topological polar surface area (TPSA) is 20.3 Å². The third-order valence-corrected chi connectivity index (χ3v) is 4.26. The van der Waals surface area contributed by atoms with Crippen LogP contribution in [0.4, 0.5) is 0 Å². The summed E-state index contributed by atoms with van der Waals surface area (Å²) in [4.78, 5) is 10.9. The zero-order valence-corrected chi connectivity index (χ0v) is 7.98. The standard InChI is InChI=1S/C7H15NOSi/c1-10(2,3)8-5-4-7(9)6-8/h4-6H2,1-3H3. The van der Waals surface area contributed by atoms with Crippen LogP contribution >= 0.6 is 0 Å². The molecule has 0 unspecified atom stereocenters. The van der Waals surface area contributed by atoms with Crippen molar-refractivity contribution in [2.45, 2.75) is 26.1 Å². The summed E-state index contributed by atoms with van der Waals surface area (Å²) in [5.74, 6) is 0.419. The van der Waals surface area contributed by atoms with E-state index in [-0.39, 0.29) is 0 Å². The van der Waals surface area contributed by atoms with Crippen molar-refractivity contribution in [3.63, 3.8) is 0 Å². The van der Waals surface area contributed by atoms with Gasteiger partial charge in [-0.05, 0) is 6.54 Å². The second-order valence-electron chi connectivity index (χ2n) is 3.88. The first-order chi connectivity index (χ1) is 4.50. The van der Waals surface area contributed by atoms with Crippen LogP contribution in [-0.2, 0) is 4.79 Å². The molecule has 0 aromatic rings. The van der Waals surface area contributed by atoms with Gasteiger partial charge in [0, 0.05) is 6.42 Å². The SMILES string of the molecule is C[Si](C)(C)N1CCC(=O)C1. The Morgan fingerprint density at radius 3 is 2.20 bits per heavy atom. The van der Waals surface area contributed by atoms with Gasteiger partial charge in [-0.1, -0.05) is 19.6 Å². The highest BCUT2D eigenvalue weighted by atomic mass is 28.3. The zero-order valence-electron chi connectivity index (χ0n) is 6.98. The lowest BCUT2D eigenvalue weighted by molar-refractivity contribution is -0.116. The molecule has 3 heteroatoms. The van der Waals surface area contributed by atoms with E-state index in [1.165, 1.54) is 0 Å². The predicted octanol–water partition coefficient (Wildman–Crippen LogP) is 1.10. The van der Waals surface area contributed by atoms with Crippen molar-refractivity contribution >= 4 is 14.0 Å². The maximum atomic E-state index is 10.9. The van der Waals surface area contributed by atoms with Crippen LogP contribution < -0.4 is 0 Å². The number of carbonyl (C=O) groups excluding carboxylic acids is 1. The third-order valence-electron chi connectivity index (χ3n) is 1.98. The van der Waals surface area contributed by atoms with Gasteiger partial charge in [0.1, 0.15) is 14.0 Å². The second-order valence-corrected chi connectivity index (χ2v) is 8.86. The van der Waals surface area contributed by atoms with Crippen LogP contribution in [0.5, 0.6) is 0 Å². The highest BCUT2D eigenvalue weighted by Gasteiger charge is 2.29. The molecule has 10 heavy (non-hydrogen) atoms. The van der Waals surface area contributed by atoms with Crippen LogP contribution in [0.1, 0.15) is 6.42 Å². The minimum atomic E-state index is -1.15. The van der Waals surface area contributed by atoms with Crippen LogP contribution in [-0.4, -0.2) is 31.7 Å². The molecule has 1 rings (SSSR count). The molecule has 2 nitrogen and oxygen atoms in total. The van der Waals surface area contributed by atoms with Gasteiger partial charge < -0.3 is 4.57 Å². The fourth-order valence-electron chi connectivity index (χ4n) is 1.20. The van der Waals surface area contributed by atoms with Crippen molar-refractivity contribution < 1.29 is 4.79 Å². The third kappa shape index (κ3) is 1.67. The van der Waals surface area contributed by atoms with Gasteiger partial charge in [-0.2, -0.15) is 0 Å². The van der Waals surface area contributed by atoms with Gasteiger partial charge >= 0.3 is 0 Å². The summed E-state index contributed by atoms with van der Waals surface area (Å²) in [5.41, 5.74) is 0. The Kier molecular flexibility index (Phi) is 1.96. The first-order valence-electron chi connectivity index (χ1n) is 3.77. The number of carbonyl (C=O) groups is 1. The van der Waals surface area contributed by atoms with Gasteiger partial charge in [-0.25, -0.2) is 0 Å². The molecule has 1 heterocycles. The summed E-state index contributed by atoms with van der Waals surface area (Å²) in [5, 5.41) is 0. The molecule has 0 atom stereocenters. The van der Waals surface area contributed by atoms with Crippen molar-refractivity contribution in [1.82, 2.24) is 4.57 Å². The van der Waals surface area contributed by atoms with E-state index in [9.17, 15) is 4.79 Å². The van der Waals surface area contributed by atoms with Crippen molar-refractivity contribution in [3.05, 3.63) is 0 Å². The molecule has 0 aromatic heterocycles. The predicted molar refractivity (Wildman–Crippen MR) is 44.5 cm³/mol. The van der Waals surface area contributed by atoms with Crippen LogP contribution in [0.2, 0.25) is 19.6 Å². The summed E-state index contributed by atoms with van der Waals surface area (Å²) in [6.45, 7) is 8.58. The fraction of sp³-hybridized carbons (Fsp3) is 0.857. The molecule has 0 bridgehead atoms. The lowest BCUT2D eigenvalue weighted by Gasteiger charge is -2.28. The van der Waals surface area contributed by atoms with E-state index in [1.807, 2.05) is 0 Å². The highest BCUT2D eigenvalue weighted by molar-refractivity contribution is 6.73. The molecule has 0 radical (unpaired) electrons. The van der Waals surface area contributed by atoms with Crippen molar-refractivity contribution in [2.24, 2.45) is 0 Å². The summed E-state index contributed by atoms with van der Waals surface area (Å²) in [7, 11) is -1.15.